The van der Waals surface area contributed by atoms with Crippen molar-refractivity contribution in [1.82, 2.24) is 15.2 Å². The highest BCUT2D eigenvalue weighted by Gasteiger charge is 2.24. The van der Waals surface area contributed by atoms with E-state index in [1.807, 2.05) is 30.9 Å². The Morgan fingerprint density at radius 1 is 1.44 bits per heavy atom. The number of carbonyl (C=O) groups excluding carboxylic acids is 1. The number of nitrogens with one attached hydrogen (secondary N) is 1. The molecule has 1 saturated heterocycles. The van der Waals surface area contributed by atoms with Gasteiger partial charge in [0, 0.05) is 24.5 Å². The Labute approximate surface area is 108 Å². The molecule has 1 fully saturated rings. The van der Waals surface area contributed by atoms with Crippen molar-refractivity contribution < 1.29 is 4.79 Å². The van der Waals surface area contributed by atoms with Gasteiger partial charge < -0.3 is 10.2 Å². The van der Waals surface area contributed by atoms with Crippen LogP contribution in [-0.2, 0) is 0 Å². The highest BCUT2D eigenvalue weighted by Crippen LogP contribution is 2.15. The van der Waals surface area contributed by atoms with Crippen LogP contribution < -0.4 is 5.32 Å². The van der Waals surface area contributed by atoms with Crippen molar-refractivity contribution in [3.63, 3.8) is 0 Å². The van der Waals surface area contributed by atoms with Crippen molar-refractivity contribution in [2.45, 2.75) is 32.7 Å². The molecule has 98 valence electrons. The van der Waals surface area contributed by atoms with Crippen LogP contribution in [0.5, 0.6) is 0 Å². The molecule has 1 aliphatic rings. The number of hydrogen-bond donors (Lipinski definition) is 1. The summed E-state index contributed by atoms with van der Waals surface area (Å²) in [5.74, 6) is 0.108. The van der Waals surface area contributed by atoms with Gasteiger partial charge in [-0.3, -0.25) is 9.78 Å². The predicted octanol–water partition coefficient (Wildman–Crippen LogP) is 1.60. The molecule has 1 aliphatic heterocycles. The van der Waals surface area contributed by atoms with Crippen LogP contribution >= 0.6 is 0 Å². The van der Waals surface area contributed by atoms with Crippen molar-refractivity contribution in [3.05, 3.63) is 29.6 Å². The van der Waals surface area contributed by atoms with Gasteiger partial charge in [-0.05, 0) is 51.9 Å². The maximum Gasteiger partial charge on any atom is 0.255 e. The lowest BCUT2D eigenvalue weighted by Crippen LogP contribution is -2.46. The van der Waals surface area contributed by atoms with Gasteiger partial charge in [0.1, 0.15) is 0 Å². The summed E-state index contributed by atoms with van der Waals surface area (Å²) in [6.45, 7) is 6.73. The smallest absolute Gasteiger partial charge is 0.255 e. The molecule has 0 aliphatic carbocycles. The van der Waals surface area contributed by atoms with E-state index in [2.05, 4.69) is 10.3 Å². The second kappa shape index (κ2) is 5.96. The molecule has 1 N–H and O–H groups in total. The van der Waals surface area contributed by atoms with Crippen molar-refractivity contribution in [1.29, 1.82) is 0 Å². The Kier molecular flexibility index (Phi) is 4.31. The van der Waals surface area contributed by atoms with Crippen molar-refractivity contribution in [2.24, 2.45) is 0 Å². The lowest BCUT2D eigenvalue weighted by Gasteiger charge is -2.34. The van der Waals surface area contributed by atoms with E-state index in [1.54, 1.807) is 6.20 Å². The van der Waals surface area contributed by atoms with Crippen LogP contribution in [0.4, 0.5) is 0 Å². The van der Waals surface area contributed by atoms with Crippen molar-refractivity contribution >= 4 is 5.91 Å². The molecule has 0 bridgehead atoms. The third-order valence-electron chi connectivity index (χ3n) is 3.51. The van der Waals surface area contributed by atoms with E-state index in [-0.39, 0.29) is 5.91 Å². The molecule has 1 amide bonds. The molecule has 0 unspecified atom stereocenters. The summed E-state index contributed by atoms with van der Waals surface area (Å²) < 4.78 is 0. The van der Waals surface area contributed by atoms with E-state index < -0.39 is 0 Å². The summed E-state index contributed by atoms with van der Waals surface area (Å²) in [7, 11) is 0. The van der Waals surface area contributed by atoms with E-state index in [9.17, 15) is 4.79 Å². The van der Waals surface area contributed by atoms with Crippen LogP contribution in [0.15, 0.2) is 18.3 Å². The fourth-order valence-electron chi connectivity index (χ4n) is 2.45. The quantitative estimate of drug-likeness (QED) is 0.882. The number of amides is 1. The van der Waals surface area contributed by atoms with Gasteiger partial charge in [-0.25, -0.2) is 0 Å². The van der Waals surface area contributed by atoms with E-state index in [0.717, 1.165) is 38.2 Å². The van der Waals surface area contributed by atoms with Gasteiger partial charge in [0.05, 0.1) is 5.56 Å². The maximum atomic E-state index is 12.5. The molecule has 0 saturated carbocycles. The number of nitrogens with zero attached hydrogens (tertiary/aromatic N) is 2. The van der Waals surface area contributed by atoms with Gasteiger partial charge in [-0.1, -0.05) is 0 Å². The zero-order valence-electron chi connectivity index (χ0n) is 11.1. The molecular formula is C14H21N3O. The van der Waals surface area contributed by atoms with E-state index in [1.165, 1.54) is 0 Å². The first-order valence-corrected chi connectivity index (χ1v) is 6.66. The Bertz CT molecular complexity index is 396. The average molecular weight is 247 g/mol. The van der Waals surface area contributed by atoms with Crippen LogP contribution in [0, 0.1) is 6.92 Å². The number of rotatable bonds is 3. The number of aryl methyl sites for hydroxylation is 1. The predicted molar refractivity (Wildman–Crippen MR) is 71.6 cm³/mol. The van der Waals surface area contributed by atoms with E-state index in [0.29, 0.717) is 11.6 Å². The molecule has 2 rings (SSSR count). The highest BCUT2D eigenvalue weighted by atomic mass is 16.2. The third-order valence-corrected chi connectivity index (χ3v) is 3.51. The molecule has 1 aromatic rings. The summed E-state index contributed by atoms with van der Waals surface area (Å²) in [5, 5.41) is 3.33. The summed E-state index contributed by atoms with van der Waals surface area (Å²) >= 11 is 0. The van der Waals surface area contributed by atoms with Gasteiger partial charge >= 0.3 is 0 Å². The Morgan fingerprint density at radius 3 is 2.72 bits per heavy atom. The number of carbonyl (C=O) groups is 1. The van der Waals surface area contributed by atoms with Gasteiger partial charge in [0.2, 0.25) is 0 Å². The second-order valence-electron chi connectivity index (χ2n) is 4.76. The maximum absolute atomic E-state index is 12.5. The zero-order chi connectivity index (χ0) is 13.0. The molecule has 1 aromatic heterocycles. The van der Waals surface area contributed by atoms with E-state index >= 15 is 0 Å². The minimum atomic E-state index is 0.108. The molecule has 18 heavy (non-hydrogen) atoms. The topological polar surface area (TPSA) is 45.2 Å². The zero-order valence-corrected chi connectivity index (χ0v) is 11.1. The van der Waals surface area contributed by atoms with Crippen molar-refractivity contribution in [3.8, 4) is 0 Å². The number of piperidine rings is 1. The third kappa shape index (κ3) is 2.88. The summed E-state index contributed by atoms with van der Waals surface area (Å²) in [6, 6.07) is 4.13. The molecular weight excluding hydrogens is 226 g/mol. The van der Waals surface area contributed by atoms with E-state index in [4.69, 9.17) is 0 Å². The second-order valence-corrected chi connectivity index (χ2v) is 4.76. The number of aromatic nitrogens is 1. The fourth-order valence-corrected chi connectivity index (χ4v) is 2.45. The van der Waals surface area contributed by atoms with Gasteiger partial charge in [-0.2, -0.15) is 0 Å². The largest absolute Gasteiger partial charge is 0.336 e. The minimum absolute atomic E-state index is 0.108. The SMILES string of the molecule is CCN(C(=O)c1ccc(C)nc1)C1CCNCC1. The standard InChI is InChI=1S/C14H21N3O/c1-3-17(13-6-8-15-9-7-13)14(18)12-5-4-11(2)16-10-12/h4-5,10,13,15H,3,6-9H2,1-2H3. The molecule has 0 atom stereocenters. The highest BCUT2D eigenvalue weighted by molar-refractivity contribution is 5.94. The summed E-state index contributed by atoms with van der Waals surface area (Å²) in [6.07, 6.45) is 3.76. The van der Waals surface area contributed by atoms with Crippen LogP contribution in [0.2, 0.25) is 0 Å². The van der Waals surface area contributed by atoms with Crippen LogP contribution in [0.1, 0.15) is 35.8 Å². The fraction of sp³-hybridized carbons (Fsp3) is 0.571. The van der Waals surface area contributed by atoms with Gasteiger partial charge in [-0.15, -0.1) is 0 Å². The minimum Gasteiger partial charge on any atom is -0.336 e. The molecule has 0 aromatic carbocycles. The first-order chi connectivity index (χ1) is 8.72. The normalized spacial score (nSPS) is 16.6. The molecule has 4 nitrogen and oxygen atoms in total. The van der Waals surface area contributed by atoms with Crippen LogP contribution in [0.25, 0.3) is 0 Å². The van der Waals surface area contributed by atoms with Gasteiger partial charge in [0.15, 0.2) is 0 Å². The lowest BCUT2D eigenvalue weighted by atomic mass is 10.0. The van der Waals surface area contributed by atoms with Crippen molar-refractivity contribution in [2.75, 3.05) is 19.6 Å². The molecule has 2 heterocycles. The summed E-state index contributed by atoms with van der Waals surface area (Å²) in [5.41, 5.74) is 1.64. The van der Waals surface area contributed by atoms with Crippen LogP contribution in [-0.4, -0.2) is 41.5 Å². The Balaban J connectivity index is 2.11. The number of hydrogen-bond acceptors (Lipinski definition) is 3. The Hall–Kier alpha value is -1.42. The molecule has 0 spiro atoms. The van der Waals surface area contributed by atoms with Crippen LogP contribution in [0.3, 0.4) is 0 Å². The monoisotopic (exact) mass is 247 g/mol. The molecule has 0 radical (unpaired) electrons. The Morgan fingerprint density at radius 2 is 2.17 bits per heavy atom. The van der Waals surface area contributed by atoms with Gasteiger partial charge in [0.25, 0.3) is 5.91 Å². The average Bonchev–Trinajstić information content (AvgIpc) is 2.41. The lowest BCUT2D eigenvalue weighted by molar-refractivity contribution is 0.0655. The number of pyridine rings is 1. The first kappa shape index (κ1) is 13.0. The first-order valence-electron chi connectivity index (χ1n) is 6.66. The summed E-state index contributed by atoms with van der Waals surface area (Å²) in [4.78, 5) is 18.6. The molecule has 4 heteroatoms.